The molecule has 0 saturated carbocycles. The summed E-state index contributed by atoms with van der Waals surface area (Å²) in [6.07, 6.45) is 1.66. The van der Waals surface area contributed by atoms with Crippen LogP contribution in [0.25, 0.3) is 5.76 Å². The standard InChI is InChI=1S/C25H21NO6/c1-14-8-10-20(32-14)22-21(23(28)16-9-11-19-15(13-16)5-4-12-31-19)24(29)25(30)26(22)17-6-2-3-7-18(17)27/h2-3,6-11,13,22,27-28H,4-5,12H2,1H3/b23-21-. The molecule has 2 aromatic carbocycles. The van der Waals surface area contributed by atoms with E-state index in [0.29, 0.717) is 23.7 Å². The number of aliphatic hydroxyl groups excluding tert-OH is 1. The smallest absolute Gasteiger partial charge is 0.300 e. The Kier molecular flexibility index (Phi) is 4.74. The Balaban J connectivity index is 1.70. The number of carbonyl (C=O) groups is 2. The molecule has 0 spiro atoms. The SMILES string of the molecule is Cc1ccc(C2/C(=C(/O)c3ccc4c(c3)CCCO4)C(=O)C(=O)N2c2ccccc2O)o1. The number of Topliss-reactive ketones (excluding diaryl/α,β-unsaturated/α-hetero) is 1. The molecule has 3 heterocycles. The molecule has 2 N–H and O–H groups in total. The fourth-order valence-corrected chi connectivity index (χ4v) is 4.28. The Morgan fingerprint density at radius 3 is 2.66 bits per heavy atom. The zero-order valence-corrected chi connectivity index (χ0v) is 17.4. The average Bonchev–Trinajstić information content (AvgIpc) is 3.34. The predicted molar refractivity (Wildman–Crippen MR) is 117 cm³/mol. The van der Waals surface area contributed by atoms with Crippen LogP contribution in [0, 0.1) is 6.92 Å². The number of phenolic OH excluding ortho intramolecular Hbond substituents is 1. The van der Waals surface area contributed by atoms with Gasteiger partial charge in [-0.25, -0.2) is 0 Å². The van der Waals surface area contributed by atoms with E-state index in [0.717, 1.165) is 24.2 Å². The van der Waals surface area contributed by atoms with Crippen LogP contribution in [0.5, 0.6) is 11.5 Å². The normalized spacial score (nSPS) is 19.7. The first-order chi connectivity index (χ1) is 15.5. The molecule has 1 fully saturated rings. The number of hydrogen-bond acceptors (Lipinski definition) is 6. The van der Waals surface area contributed by atoms with Crippen LogP contribution in [0.2, 0.25) is 0 Å². The van der Waals surface area contributed by atoms with Crippen molar-refractivity contribution in [1.82, 2.24) is 0 Å². The monoisotopic (exact) mass is 431 g/mol. The van der Waals surface area contributed by atoms with Crippen LogP contribution in [0.4, 0.5) is 5.69 Å². The lowest BCUT2D eigenvalue weighted by Crippen LogP contribution is -2.29. The molecule has 3 aromatic rings. The fourth-order valence-electron chi connectivity index (χ4n) is 4.28. The van der Waals surface area contributed by atoms with Gasteiger partial charge < -0.3 is 19.4 Å². The summed E-state index contributed by atoms with van der Waals surface area (Å²) in [5.74, 6) is -0.503. The number of rotatable bonds is 3. The first-order valence-corrected chi connectivity index (χ1v) is 10.4. The number of ether oxygens (including phenoxy) is 1. The number of nitrogens with zero attached hydrogens (tertiary/aromatic N) is 1. The van der Waals surface area contributed by atoms with Gasteiger partial charge in [-0.15, -0.1) is 0 Å². The van der Waals surface area contributed by atoms with Crippen LogP contribution in [-0.4, -0.2) is 28.5 Å². The summed E-state index contributed by atoms with van der Waals surface area (Å²) in [6.45, 7) is 2.39. The van der Waals surface area contributed by atoms with Gasteiger partial charge in [-0.1, -0.05) is 12.1 Å². The van der Waals surface area contributed by atoms with Crippen molar-refractivity contribution in [2.75, 3.05) is 11.5 Å². The number of ketones is 1. The molecule has 1 atom stereocenters. The van der Waals surface area contributed by atoms with Crippen LogP contribution in [0.3, 0.4) is 0 Å². The Morgan fingerprint density at radius 1 is 1.09 bits per heavy atom. The second-order valence-electron chi connectivity index (χ2n) is 7.88. The number of furan rings is 1. The Labute approximate surface area is 184 Å². The summed E-state index contributed by atoms with van der Waals surface area (Å²) in [4.78, 5) is 27.4. The lowest BCUT2D eigenvalue weighted by Gasteiger charge is -2.24. The van der Waals surface area contributed by atoms with E-state index in [-0.39, 0.29) is 22.8 Å². The molecule has 1 amide bonds. The molecule has 5 rings (SSSR count). The highest BCUT2D eigenvalue weighted by Gasteiger charge is 2.49. The molecule has 162 valence electrons. The van der Waals surface area contributed by atoms with Gasteiger partial charge in [-0.2, -0.15) is 0 Å². The Hall–Kier alpha value is -4.00. The maximum absolute atomic E-state index is 13.1. The Morgan fingerprint density at radius 2 is 1.91 bits per heavy atom. The summed E-state index contributed by atoms with van der Waals surface area (Å²) in [6, 6.07) is 13.8. The van der Waals surface area contributed by atoms with Crippen molar-refractivity contribution in [3.63, 3.8) is 0 Å². The second-order valence-corrected chi connectivity index (χ2v) is 7.88. The van der Waals surface area contributed by atoms with Gasteiger partial charge in [0.1, 0.15) is 34.8 Å². The van der Waals surface area contributed by atoms with Crippen LogP contribution < -0.4 is 9.64 Å². The van der Waals surface area contributed by atoms with Gasteiger partial charge in [0, 0.05) is 5.56 Å². The topological polar surface area (TPSA) is 100 Å². The molecule has 1 unspecified atom stereocenters. The molecule has 2 aliphatic rings. The van der Waals surface area contributed by atoms with Gasteiger partial charge in [0.25, 0.3) is 11.7 Å². The number of anilines is 1. The molecule has 1 saturated heterocycles. The van der Waals surface area contributed by atoms with Crippen molar-refractivity contribution in [3.05, 3.63) is 82.8 Å². The minimum Gasteiger partial charge on any atom is -0.507 e. The van der Waals surface area contributed by atoms with Gasteiger partial charge in [0.15, 0.2) is 0 Å². The summed E-state index contributed by atoms with van der Waals surface area (Å²) in [5, 5.41) is 21.6. The molecular formula is C25H21NO6. The van der Waals surface area contributed by atoms with Crippen LogP contribution >= 0.6 is 0 Å². The number of hydrogen-bond donors (Lipinski definition) is 2. The zero-order chi connectivity index (χ0) is 22.4. The summed E-state index contributed by atoms with van der Waals surface area (Å²) < 4.78 is 11.4. The van der Waals surface area contributed by atoms with E-state index >= 15 is 0 Å². The minimum absolute atomic E-state index is 0.0933. The third-order valence-corrected chi connectivity index (χ3v) is 5.80. The first-order valence-electron chi connectivity index (χ1n) is 10.4. The number of fused-ring (bicyclic) bond motifs is 1. The van der Waals surface area contributed by atoms with E-state index in [9.17, 15) is 19.8 Å². The minimum atomic E-state index is -1.02. The van der Waals surface area contributed by atoms with Gasteiger partial charge >= 0.3 is 0 Å². The second kappa shape index (κ2) is 7.60. The van der Waals surface area contributed by atoms with E-state index in [1.54, 1.807) is 55.5 Å². The van der Waals surface area contributed by atoms with Crippen molar-refractivity contribution >= 4 is 23.1 Å². The highest BCUT2D eigenvalue weighted by atomic mass is 16.5. The van der Waals surface area contributed by atoms with E-state index in [1.165, 1.54) is 11.0 Å². The molecular weight excluding hydrogens is 410 g/mol. The number of aromatic hydroxyl groups is 1. The number of benzene rings is 2. The van der Waals surface area contributed by atoms with Crippen molar-refractivity contribution < 1.29 is 29.0 Å². The van der Waals surface area contributed by atoms with Gasteiger partial charge in [0.2, 0.25) is 0 Å². The number of amides is 1. The van der Waals surface area contributed by atoms with Crippen molar-refractivity contribution in [2.45, 2.75) is 25.8 Å². The Bertz CT molecular complexity index is 1270. The maximum atomic E-state index is 13.1. The molecule has 7 nitrogen and oxygen atoms in total. The molecule has 0 bridgehead atoms. The fraction of sp³-hybridized carbons (Fsp3) is 0.200. The maximum Gasteiger partial charge on any atom is 0.300 e. The molecule has 7 heteroatoms. The quantitative estimate of drug-likeness (QED) is 0.365. The molecule has 0 aliphatic carbocycles. The number of aryl methyl sites for hydroxylation is 2. The molecule has 2 aliphatic heterocycles. The lowest BCUT2D eigenvalue weighted by molar-refractivity contribution is -0.132. The van der Waals surface area contributed by atoms with Crippen molar-refractivity contribution in [3.8, 4) is 11.5 Å². The molecule has 1 aromatic heterocycles. The van der Waals surface area contributed by atoms with Crippen LogP contribution in [0.15, 0.2) is 64.6 Å². The third-order valence-electron chi connectivity index (χ3n) is 5.80. The number of aliphatic hydroxyl groups is 1. The third kappa shape index (κ3) is 3.13. The number of para-hydroxylation sites is 2. The average molecular weight is 431 g/mol. The molecule has 32 heavy (non-hydrogen) atoms. The van der Waals surface area contributed by atoms with E-state index in [1.807, 2.05) is 0 Å². The molecule has 0 radical (unpaired) electrons. The summed E-state index contributed by atoms with van der Waals surface area (Å²) in [5.41, 5.74) is 1.41. The summed E-state index contributed by atoms with van der Waals surface area (Å²) >= 11 is 0. The van der Waals surface area contributed by atoms with Crippen LogP contribution in [0.1, 0.15) is 35.1 Å². The lowest BCUT2D eigenvalue weighted by atomic mass is 9.96. The largest absolute Gasteiger partial charge is 0.507 e. The van der Waals surface area contributed by atoms with E-state index < -0.39 is 17.7 Å². The van der Waals surface area contributed by atoms with Gasteiger partial charge in [0.05, 0.1) is 17.9 Å². The zero-order valence-electron chi connectivity index (χ0n) is 17.4. The van der Waals surface area contributed by atoms with E-state index in [2.05, 4.69) is 0 Å². The van der Waals surface area contributed by atoms with Gasteiger partial charge in [-0.3, -0.25) is 14.5 Å². The van der Waals surface area contributed by atoms with Crippen molar-refractivity contribution in [2.24, 2.45) is 0 Å². The van der Waals surface area contributed by atoms with E-state index in [4.69, 9.17) is 9.15 Å². The number of phenols is 1. The van der Waals surface area contributed by atoms with Crippen LogP contribution in [-0.2, 0) is 16.0 Å². The highest BCUT2D eigenvalue weighted by Crippen LogP contribution is 2.45. The summed E-state index contributed by atoms with van der Waals surface area (Å²) in [7, 11) is 0. The predicted octanol–water partition coefficient (Wildman–Crippen LogP) is 4.24. The highest BCUT2D eigenvalue weighted by molar-refractivity contribution is 6.51. The van der Waals surface area contributed by atoms with Crippen molar-refractivity contribution in [1.29, 1.82) is 0 Å². The number of carbonyl (C=O) groups excluding carboxylic acids is 2. The van der Waals surface area contributed by atoms with Gasteiger partial charge in [-0.05, 0) is 67.8 Å². The first kappa shape index (κ1) is 19.9.